The van der Waals surface area contributed by atoms with Crippen LogP contribution in [0.25, 0.3) is 16.1 Å². The van der Waals surface area contributed by atoms with Crippen LogP contribution in [0.1, 0.15) is 13.3 Å². The summed E-state index contributed by atoms with van der Waals surface area (Å²) >= 11 is 7.73. The Hall–Kier alpha value is -4.48. The number of benzene rings is 2. The lowest BCUT2D eigenvalue weighted by Gasteiger charge is -2.12. The molecule has 3 aromatic heterocycles. The summed E-state index contributed by atoms with van der Waals surface area (Å²) in [6.45, 7) is 3.02. The average molecular weight is 547 g/mol. The highest BCUT2D eigenvalue weighted by Gasteiger charge is 2.11. The van der Waals surface area contributed by atoms with Gasteiger partial charge < -0.3 is 20.7 Å². The van der Waals surface area contributed by atoms with Crippen molar-refractivity contribution in [1.82, 2.24) is 25.0 Å². The zero-order valence-electron chi connectivity index (χ0n) is 20.3. The summed E-state index contributed by atoms with van der Waals surface area (Å²) in [4.78, 5) is 22.4. The summed E-state index contributed by atoms with van der Waals surface area (Å²) in [6.07, 6.45) is 7.65. The molecular formula is C26H23ClN8O2S. The van der Waals surface area contributed by atoms with Gasteiger partial charge in [0.1, 0.15) is 5.75 Å². The normalized spacial score (nSPS) is 10.7. The lowest BCUT2D eigenvalue weighted by atomic mass is 10.2. The van der Waals surface area contributed by atoms with Gasteiger partial charge in [-0.1, -0.05) is 35.1 Å². The third-order valence-electron chi connectivity index (χ3n) is 5.26. The Morgan fingerprint density at radius 2 is 1.92 bits per heavy atom. The summed E-state index contributed by atoms with van der Waals surface area (Å²) < 4.78 is 7.39. The van der Waals surface area contributed by atoms with E-state index in [4.69, 9.17) is 16.3 Å². The smallest absolute Gasteiger partial charge is 0.323 e. The van der Waals surface area contributed by atoms with Crippen molar-refractivity contribution in [2.75, 3.05) is 22.5 Å². The van der Waals surface area contributed by atoms with Gasteiger partial charge in [0.25, 0.3) is 0 Å². The van der Waals surface area contributed by atoms with Crippen molar-refractivity contribution < 1.29 is 9.53 Å². The molecule has 0 spiro atoms. The maximum absolute atomic E-state index is 12.6. The predicted octanol–water partition coefficient (Wildman–Crippen LogP) is 6.70. The monoisotopic (exact) mass is 546 g/mol. The van der Waals surface area contributed by atoms with Crippen LogP contribution in [-0.4, -0.2) is 37.5 Å². The first kappa shape index (κ1) is 25.2. The minimum Gasteiger partial charge on any atom is -0.439 e. The zero-order chi connectivity index (χ0) is 26.3. The number of carbonyl (C=O) groups excluding carboxylic acids is 1. The molecule has 3 N–H and O–H groups in total. The van der Waals surface area contributed by atoms with E-state index in [1.54, 1.807) is 54.1 Å². The molecule has 5 rings (SSSR count). The van der Waals surface area contributed by atoms with Gasteiger partial charge in [0, 0.05) is 23.8 Å². The molecule has 38 heavy (non-hydrogen) atoms. The van der Waals surface area contributed by atoms with Gasteiger partial charge in [-0.2, -0.15) is 0 Å². The Labute approximate surface area is 227 Å². The highest BCUT2D eigenvalue weighted by atomic mass is 35.5. The number of halogens is 1. The molecule has 0 unspecified atom stereocenters. The number of thiazole rings is 1. The highest BCUT2D eigenvalue weighted by Crippen LogP contribution is 2.31. The number of hydrogen-bond acceptors (Lipinski definition) is 8. The number of nitrogens with one attached hydrogen (secondary N) is 3. The Morgan fingerprint density at radius 1 is 1.05 bits per heavy atom. The fourth-order valence-corrected chi connectivity index (χ4v) is 4.49. The Morgan fingerprint density at radius 3 is 2.66 bits per heavy atom. The molecule has 0 atom stereocenters. The number of urea groups is 1. The zero-order valence-corrected chi connectivity index (χ0v) is 21.8. The molecular weight excluding hydrogens is 524 g/mol. The van der Waals surface area contributed by atoms with E-state index < -0.39 is 6.03 Å². The molecule has 3 heterocycles. The van der Waals surface area contributed by atoms with Gasteiger partial charge in [-0.3, -0.25) is 0 Å². The van der Waals surface area contributed by atoms with Crippen molar-refractivity contribution in [3.63, 3.8) is 0 Å². The van der Waals surface area contributed by atoms with Crippen LogP contribution in [0.5, 0.6) is 11.6 Å². The van der Waals surface area contributed by atoms with E-state index in [9.17, 15) is 4.79 Å². The molecule has 0 saturated carbocycles. The summed E-state index contributed by atoms with van der Waals surface area (Å²) in [5.41, 5.74) is 2.65. The second kappa shape index (κ2) is 11.7. The Bertz CT molecular complexity index is 1510. The standard InChI is InChI=1S/C26H23ClN8O2S/c1-2-11-28-26-30-16-23(38-26)17-3-7-20(8-4-17)37-24-10-6-19(15-29-24)32-25(36)33-21-14-18(27)5-9-22(21)35-13-12-31-34-35/h3-10,12-16H,2,11H2,1H3,(H,28,30)(H2,32,33,36). The predicted molar refractivity (Wildman–Crippen MR) is 150 cm³/mol. The molecule has 0 aliphatic carbocycles. The number of pyridine rings is 1. The van der Waals surface area contributed by atoms with Crippen LogP contribution < -0.4 is 20.7 Å². The number of anilines is 3. The van der Waals surface area contributed by atoms with Gasteiger partial charge in [0.15, 0.2) is 5.13 Å². The molecule has 5 aromatic rings. The fraction of sp³-hybridized carbons (Fsp3) is 0.115. The van der Waals surface area contributed by atoms with Crippen LogP contribution in [0.15, 0.2) is 79.4 Å². The first-order valence-electron chi connectivity index (χ1n) is 11.8. The Kier molecular flexibility index (Phi) is 7.76. The molecule has 192 valence electrons. The molecule has 12 heteroatoms. The molecule has 10 nitrogen and oxygen atoms in total. The first-order valence-corrected chi connectivity index (χ1v) is 12.9. The highest BCUT2D eigenvalue weighted by molar-refractivity contribution is 7.18. The molecule has 2 aromatic carbocycles. The van der Waals surface area contributed by atoms with Crippen molar-refractivity contribution in [3.05, 3.63) is 84.4 Å². The van der Waals surface area contributed by atoms with Crippen LogP contribution in [0.4, 0.5) is 21.3 Å². The van der Waals surface area contributed by atoms with E-state index in [-0.39, 0.29) is 0 Å². The number of amides is 2. The second-order valence-electron chi connectivity index (χ2n) is 8.06. The van der Waals surface area contributed by atoms with Gasteiger partial charge >= 0.3 is 6.03 Å². The summed E-state index contributed by atoms with van der Waals surface area (Å²) in [6, 6.07) is 15.7. The minimum atomic E-state index is -0.462. The van der Waals surface area contributed by atoms with E-state index in [2.05, 4.69) is 43.2 Å². The number of carbonyl (C=O) groups is 1. The number of rotatable bonds is 9. The van der Waals surface area contributed by atoms with Crippen LogP contribution >= 0.6 is 22.9 Å². The van der Waals surface area contributed by atoms with Crippen molar-refractivity contribution in [3.8, 4) is 27.8 Å². The number of ether oxygens (including phenoxy) is 1. The molecule has 0 aliphatic rings. The van der Waals surface area contributed by atoms with Crippen LogP contribution in [0.2, 0.25) is 5.02 Å². The van der Waals surface area contributed by atoms with E-state index >= 15 is 0 Å². The lowest BCUT2D eigenvalue weighted by molar-refractivity contribution is 0.262. The van der Waals surface area contributed by atoms with Crippen molar-refractivity contribution >= 4 is 45.5 Å². The van der Waals surface area contributed by atoms with Gasteiger partial charge in [-0.05, 0) is 60.5 Å². The topological polar surface area (TPSA) is 119 Å². The maximum Gasteiger partial charge on any atom is 0.323 e. The third-order valence-corrected chi connectivity index (χ3v) is 6.50. The minimum absolute atomic E-state index is 0.399. The molecule has 0 saturated heterocycles. The summed E-state index contributed by atoms with van der Waals surface area (Å²) in [7, 11) is 0. The second-order valence-corrected chi connectivity index (χ2v) is 9.52. The fourth-order valence-electron chi connectivity index (χ4n) is 3.47. The van der Waals surface area contributed by atoms with E-state index in [0.29, 0.717) is 33.7 Å². The maximum atomic E-state index is 12.6. The van der Waals surface area contributed by atoms with Crippen molar-refractivity contribution in [2.24, 2.45) is 0 Å². The van der Waals surface area contributed by atoms with Gasteiger partial charge in [0.2, 0.25) is 5.88 Å². The van der Waals surface area contributed by atoms with Crippen LogP contribution in [0, 0.1) is 0 Å². The quantitative estimate of drug-likeness (QED) is 0.188. The first-order chi connectivity index (χ1) is 18.6. The molecule has 0 fully saturated rings. The van der Waals surface area contributed by atoms with E-state index in [1.165, 1.54) is 10.9 Å². The number of nitrogens with zero attached hydrogens (tertiary/aromatic N) is 5. The largest absolute Gasteiger partial charge is 0.439 e. The van der Waals surface area contributed by atoms with Crippen molar-refractivity contribution in [2.45, 2.75) is 13.3 Å². The third kappa shape index (κ3) is 6.25. The summed E-state index contributed by atoms with van der Waals surface area (Å²) in [5.74, 6) is 1.05. The molecule has 2 amide bonds. The van der Waals surface area contributed by atoms with Gasteiger partial charge in [-0.15, -0.1) is 5.10 Å². The van der Waals surface area contributed by atoms with Crippen LogP contribution in [0.3, 0.4) is 0 Å². The lowest BCUT2D eigenvalue weighted by Crippen LogP contribution is -2.20. The van der Waals surface area contributed by atoms with Crippen LogP contribution in [-0.2, 0) is 0 Å². The van der Waals surface area contributed by atoms with Gasteiger partial charge in [-0.25, -0.2) is 19.4 Å². The van der Waals surface area contributed by atoms with Gasteiger partial charge in [0.05, 0.1) is 40.5 Å². The SMILES string of the molecule is CCCNc1ncc(-c2ccc(Oc3ccc(NC(=O)Nc4cc(Cl)ccc4-n4ccnn4)cn3)cc2)s1. The summed E-state index contributed by atoms with van der Waals surface area (Å²) in [5, 5.41) is 18.0. The Balaban J connectivity index is 1.18. The van der Waals surface area contributed by atoms with Crippen molar-refractivity contribution in [1.29, 1.82) is 0 Å². The molecule has 0 aliphatic heterocycles. The number of hydrogen-bond donors (Lipinski definition) is 3. The molecule has 0 radical (unpaired) electrons. The van der Waals surface area contributed by atoms with E-state index in [1.807, 2.05) is 30.5 Å². The number of aromatic nitrogens is 5. The van der Waals surface area contributed by atoms with E-state index in [0.717, 1.165) is 28.5 Å². The average Bonchev–Trinajstić information content (AvgIpc) is 3.62. The molecule has 0 bridgehead atoms.